The van der Waals surface area contributed by atoms with Gasteiger partial charge in [-0.2, -0.15) is 0 Å². The Kier molecular flexibility index (Phi) is 5.61. The van der Waals surface area contributed by atoms with Gasteiger partial charge < -0.3 is 19.7 Å². The predicted molar refractivity (Wildman–Crippen MR) is 98.4 cm³/mol. The molecule has 138 valence electrons. The first-order valence-electron chi connectivity index (χ1n) is 8.74. The molecule has 1 aliphatic rings. The summed E-state index contributed by atoms with van der Waals surface area (Å²) in [4.78, 5) is 14.2. The number of nitrogens with one attached hydrogen (secondary N) is 1. The summed E-state index contributed by atoms with van der Waals surface area (Å²) < 4.78 is 25.2. The monoisotopic (exact) mass is 358 g/mol. The van der Waals surface area contributed by atoms with E-state index < -0.39 is 11.9 Å². The molecule has 1 unspecified atom stereocenters. The van der Waals surface area contributed by atoms with Gasteiger partial charge in [-0.3, -0.25) is 4.79 Å². The van der Waals surface area contributed by atoms with Gasteiger partial charge in [-0.1, -0.05) is 12.1 Å². The predicted octanol–water partition coefficient (Wildman–Crippen LogP) is 4.05. The number of carbonyl (C=O) groups excluding carboxylic acids is 1. The van der Waals surface area contributed by atoms with E-state index in [1.807, 2.05) is 11.0 Å². The Bertz CT molecular complexity index is 775. The number of benzene rings is 2. The highest BCUT2D eigenvalue weighted by Crippen LogP contribution is 2.33. The van der Waals surface area contributed by atoms with Gasteiger partial charge in [0.05, 0.1) is 7.11 Å². The number of hydrogen-bond acceptors (Lipinski definition) is 4. The third-order valence-electron chi connectivity index (χ3n) is 4.39. The topological polar surface area (TPSA) is 50.8 Å². The molecule has 1 heterocycles. The van der Waals surface area contributed by atoms with Crippen molar-refractivity contribution in [3.8, 4) is 17.2 Å². The van der Waals surface area contributed by atoms with Crippen LogP contribution in [0.2, 0.25) is 0 Å². The van der Waals surface area contributed by atoms with Crippen molar-refractivity contribution in [2.75, 3.05) is 25.5 Å². The van der Waals surface area contributed by atoms with E-state index >= 15 is 0 Å². The first-order valence-corrected chi connectivity index (χ1v) is 8.74. The van der Waals surface area contributed by atoms with Gasteiger partial charge in [-0.05, 0) is 44.0 Å². The van der Waals surface area contributed by atoms with Gasteiger partial charge in [0.15, 0.2) is 23.1 Å². The third kappa shape index (κ3) is 4.07. The van der Waals surface area contributed by atoms with E-state index in [-0.39, 0.29) is 11.7 Å². The van der Waals surface area contributed by atoms with Gasteiger partial charge in [0.25, 0.3) is 0 Å². The van der Waals surface area contributed by atoms with Crippen molar-refractivity contribution in [1.82, 2.24) is 4.90 Å². The van der Waals surface area contributed by atoms with Crippen LogP contribution in [0.3, 0.4) is 0 Å². The third-order valence-corrected chi connectivity index (χ3v) is 4.39. The van der Waals surface area contributed by atoms with E-state index in [0.717, 1.165) is 25.9 Å². The Hall–Kier alpha value is -2.76. The number of halogens is 1. The number of carbonyl (C=O) groups is 1. The Morgan fingerprint density at radius 1 is 1.12 bits per heavy atom. The van der Waals surface area contributed by atoms with Gasteiger partial charge in [0, 0.05) is 24.8 Å². The normalized spacial score (nSPS) is 14.8. The van der Waals surface area contributed by atoms with Crippen LogP contribution in [0.1, 0.15) is 19.8 Å². The van der Waals surface area contributed by atoms with Crippen LogP contribution in [0.4, 0.5) is 10.1 Å². The summed E-state index contributed by atoms with van der Waals surface area (Å²) in [5.74, 6) is 0.587. The molecule has 0 saturated carbocycles. The fraction of sp³-hybridized carbons (Fsp3) is 0.350. The molecule has 2 aromatic carbocycles. The summed E-state index contributed by atoms with van der Waals surface area (Å²) in [5, 5.41) is 3.06. The maximum absolute atomic E-state index is 14.4. The molecule has 5 nitrogen and oxygen atoms in total. The lowest BCUT2D eigenvalue weighted by Gasteiger charge is -2.22. The van der Waals surface area contributed by atoms with Crippen molar-refractivity contribution in [1.29, 1.82) is 0 Å². The fourth-order valence-corrected chi connectivity index (χ4v) is 3.02. The molecular formula is C20H23FN2O3. The van der Waals surface area contributed by atoms with Crippen LogP contribution in [0.15, 0.2) is 42.5 Å². The molecule has 0 radical (unpaired) electrons. The average molecular weight is 358 g/mol. The second-order valence-electron chi connectivity index (χ2n) is 6.30. The van der Waals surface area contributed by atoms with Crippen LogP contribution in [-0.4, -0.2) is 37.0 Å². The number of hydrogen-bond donors (Lipinski definition) is 1. The number of likely N-dealkylation sites (tertiary alicyclic amines) is 1. The Morgan fingerprint density at radius 3 is 2.46 bits per heavy atom. The van der Waals surface area contributed by atoms with Gasteiger partial charge in [0.1, 0.15) is 6.04 Å². The van der Waals surface area contributed by atoms with Crippen LogP contribution in [-0.2, 0) is 4.79 Å². The molecular weight excluding hydrogens is 335 g/mol. The SMILES string of the molecule is COc1ccccc1Oc1ccc(NC(C)C(=O)N2CCCC2)cc1F. The number of rotatable bonds is 6. The number of anilines is 1. The van der Waals surface area contributed by atoms with E-state index in [9.17, 15) is 9.18 Å². The lowest BCUT2D eigenvalue weighted by atomic mass is 10.2. The summed E-state index contributed by atoms with van der Waals surface area (Å²) in [7, 11) is 1.53. The minimum atomic E-state index is -0.512. The van der Waals surface area contributed by atoms with Crippen LogP contribution < -0.4 is 14.8 Å². The highest BCUT2D eigenvalue weighted by Gasteiger charge is 2.23. The number of amides is 1. The van der Waals surface area contributed by atoms with Gasteiger partial charge in [0.2, 0.25) is 5.91 Å². The molecule has 6 heteroatoms. The van der Waals surface area contributed by atoms with E-state index in [4.69, 9.17) is 9.47 Å². The quantitative estimate of drug-likeness (QED) is 0.846. The lowest BCUT2D eigenvalue weighted by molar-refractivity contribution is -0.130. The zero-order valence-corrected chi connectivity index (χ0v) is 15.0. The maximum atomic E-state index is 14.4. The molecule has 3 rings (SSSR count). The van der Waals surface area contributed by atoms with Crippen LogP contribution in [0.25, 0.3) is 0 Å². The zero-order chi connectivity index (χ0) is 18.5. The minimum Gasteiger partial charge on any atom is -0.493 e. The number of para-hydroxylation sites is 2. The molecule has 0 bridgehead atoms. The molecule has 0 aromatic heterocycles. The summed E-state index contributed by atoms with van der Waals surface area (Å²) in [6.07, 6.45) is 2.09. The molecule has 1 aliphatic heterocycles. The molecule has 1 fully saturated rings. The standard InChI is InChI=1S/C20H23FN2O3/c1-14(20(24)23-11-5-6-12-23)22-15-9-10-17(16(21)13-15)26-19-8-4-3-7-18(19)25-2/h3-4,7-10,13-14,22H,5-6,11-12H2,1-2H3. The van der Waals surface area contributed by atoms with Crippen molar-refractivity contribution in [3.05, 3.63) is 48.3 Å². The minimum absolute atomic E-state index is 0.0391. The molecule has 1 atom stereocenters. The van der Waals surface area contributed by atoms with Crippen molar-refractivity contribution < 1.29 is 18.7 Å². The molecule has 1 amide bonds. The average Bonchev–Trinajstić information content (AvgIpc) is 3.18. The van der Waals surface area contributed by atoms with Crippen LogP contribution in [0.5, 0.6) is 17.2 Å². The van der Waals surface area contributed by atoms with Gasteiger partial charge >= 0.3 is 0 Å². The smallest absolute Gasteiger partial charge is 0.244 e. The van der Waals surface area contributed by atoms with Crippen molar-refractivity contribution in [2.24, 2.45) is 0 Å². The van der Waals surface area contributed by atoms with Crippen molar-refractivity contribution in [3.63, 3.8) is 0 Å². The van der Waals surface area contributed by atoms with E-state index in [0.29, 0.717) is 17.2 Å². The highest BCUT2D eigenvalue weighted by molar-refractivity contribution is 5.84. The number of ether oxygens (including phenoxy) is 2. The molecule has 0 aliphatic carbocycles. The summed E-state index contributed by atoms with van der Waals surface area (Å²) in [6, 6.07) is 11.2. The van der Waals surface area contributed by atoms with E-state index in [1.165, 1.54) is 19.2 Å². The maximum Gasteiger partial charge on any atom is 0.244 e. The van der Waals surface area contributed by atoms with Gasteiger partial charge in [-0.15, -0.1) is 0 Å². The number of nitrogens with zero attached hydrogens (tertiary/aromatic N) is 1. The Morgan fingerprint density at radius 2 is 1.81 bits per heavy atom. The second kappa shape index (κ2) is 8.08. The first-order chi connectivity index (χ1) is 12.6. The van der Waals surface area contributed by atoms with E-state index in [2.05, 4.69) is 5.32 Å². The lowest BCUT2D eigenvalue weighted by Crippen LogP contribution is -2.39. The van der Waals surface area contributed by atoms with Crippen LogP contribution in [0, 0.1) is 5.82 Å². The molecule has 2 aromatic rings. The molecule has 0 spiro atoms. The number of methoxy groups -OCH3 is 1. The van der Waals surface area contributed by atoms with Crippen LogP contribution >= 0.6 is 0 Å². The largest absolute Gasteiger partial charge is 0.493 e. The summed E-state index contributed by atoms with van der Waals surface area (Å²) in [5.41, 5.74) is 0.537. The molecule has 26 heavy (non-hydrogen) atoms. The van der Waals surface area contributed by atoms with E-state index in [1.54, 1.807) is 31.2 Å². The molecule has 1 N–H and O–H groups in total. The highest BCUT2D eigenvalue weighted by atomic mass is 19.1. The van der Waals surface area contributed by atoms with Crippen molar-refractivity contribution in [2.45, 2.75) is 25.8 Å². The molecule has 1 saturated heterocycles. The summed E-state index contributed by atoms with van der Waals surface area (Å²) >= 11 is 0. The Labute approximate surface area is 152 Å². The Balaban J connectivity index is 1.68. The summed E-state index contributed by atoms with van der Waals surface area (Å²) in [6.45, 7) is 3.38. The van der Waals surface area contributed by atoms with Crippen molar-refractivity contribution >= 4 is 11.6 Å². The van der Waals surface area contributed by atoms with Gasteiger partial charge in [-0.25, -0.2) is 4.39 Å². The second-order valence-corrected chi connectivity index (χ2v) is 6.30. The zero-order valence-electron chi connectivity index (χ0n) is 15.0. The first kappa shape index (κ1) is 18.0. The fourth-order valence-electron chi connectivity index (χ4n) is 3.02.